The molecule has 1 aliphatic rings. The molecule has 142 valence electrons. The third kappa shape index (κ3) is 4.60. The van der Waals surface area contributed by atoms with Crippen LogP contribution in [-0.4, -0.2) is 65.6 Å². The molecule has 1 aromatic carbocycles. The number of pyridine rings is 1. The molecule has 7 heteroatoms. The van der Waals surface area contributed by atoms with Crippen molar-refractivity contribution < 1.29 is 14.3 Å². The molecule has 0 bridgehead atoms. The van der Waals surface area contributed by atoms with Crippen LogP contribution in [0.4, 0.5) is 0 Å². The van der Waals surface area contributed by atoms with E-state index in [9.17, 15) is 9.59 Å². The van der Waals surface area contributed by atoms with Crippen LogP contribution in [0.15, 0.2) is 47.6 Å². The van der Waals surface area contributed by atoms with Gasteiger partial charge in [0.2, 0.25) is 0 Å². The molecular formula is C20H23N3O3S. The van der Waals surface area contributed by atoms with Gasteiger partial charge in [-0.3, -0.25) is 9.59 Å². The van der Waals surface area contributed by atoms with Gasteiger partial charge in [-0.15, -0.1) is 11.8 Å². The molecule has 6 nitrogen and oxygen atoms in total. The predicted octanol–water partition coefficient (Wildman–Crippen LogP) is 2.80. The van der Waals surface area contributed by atoms with Crippen molar-refractivity contribution in [3.63, 3.8) is 0 Å². The second-order valence-electron chi connectivity index (χ2n) is 6.13. The molecule has 0 radical (unpaired) electrons. The van der Waals surface area contributed by atoms with Crippen molar-refractivity contribution in [2.24, 2.45) is 0 Å². The van der Waals surface area contributed by atoms with Gasteiger partial charge in [-0.05, 0) is 36.1 Å². The van der Waals surface area contributed by atoms with E-state index in [0.29, 0.717) is 43.1 Å². The van der Waals surface area contributed by atoms with E-state index in [0.717, 1.165) is 10.8 Å². The number of carbonyl (C=O) groups is 2. The minimum Gasteiger partial charge on any atom is -0.497 e. The molecule has 0 N–H and O–H groups in total. The van der Waals surface area contributed by atoms with Crippen LogP contribution in [0.25, 0.3) is 0 Å². The number of amides is 2. The largest absolute Gasteiger partial charge is 0.497 e. The van der Waals surface area contributed by atoms with Crippen LogP contribution in [0.3, 0.4) is 0 Å². The normalized spacial score (nSPS) is 14.1. The Balaban J connectivity index is 1.62. The zero-order valence-corrected chi connectivity index (χ0v) is 16.4. The number of methoxy groups -OCH3 is 1. The zero-order valence-electron chi connectivity index (χ0n) is 15.6. The molecule has 0 unspecified atom stereocenters. The Labute approximate surface area is 163 Å². The summed E-state index contributed by atoms with van der Waals surface area (Å²) in [6.45, 7) is 4.13. The number of hydrogen-bond acceptors (Lipinski definition) is 5. The van der Waals surface area contributed by atoms with E-state index < -0.39 is 0 Å². The van der Waals surface area contributed by atoms with Crippen LogP contribution in [-0.2, 0) is 0 Å². The number of aromatic nitrogens is 1. The summed E-state index contributed by atoms with van der Waals surface area (Å²) in [5.74, 6) is 1.53. The van der Waals surface area contributed by atoms with Gasteiger partial charge >= 0.3 is 0 Å². The SMILES string of the molecule is CCSc1cc(C(=O)N2CCN(C(=O)c3cccc(OC)c3)CC2)ccn1. The zero-order chi connectivity index (χ0) is 19.2. The first-order valence-electron chi connectivity index (χ1n) is 8.94. The van der Waals surface area contributed by atoms with E-state index in [-0.39, 0.29) is 11.8 Å². The van der Waals surface area contributed by atoms with Gasteiger partial charge in [-0.2, -0.15) is 0 Å². The van der Waals surface area contributed by atoms with E-state index in [1.54, 1.807) is 59.1 Å². The average Bonchev–Trinajstić information content (AvgIpc) is 2.73. The lowest BCUT2D eigenvalue weighted by molar-refractivity contribution is 0.0535. The maximum absolute atomic E-state index is 12.8. The highest BCUT2D eigenvalue weighted by Gasteiger charge is 2.25. The van der Waals surface area contributed by atoms with Crippen molar-refractivity contribution in [1.82, 2.24) is 14.8 Å². The molecule has 2 amide bonds. The highest BCUT2D eigenvalue weighted by atomic mass is 32.2. The van der Waals surface area contributed by atoms with Crippen LogP contribution in [0.5, 0.6) is 5.75 Å². The summed E-state index contributed by atoms with van der Waals surface area (Å²) in [5, 5.41) is 0.857. The lowest BCUT2D eigenvalue weighted by Gasteiger charge is -2.35. The smallest absolute Gasteiger partial charge is 0.254 e. The molecule has 1 aromatic heterocycles. The Kier molecular flexibility index (Phi) is 6.34. The number of rotatable bonds is 5. The van der Waals surface area contributed by atoms with E-state index in [2.05, 4.69) is 11.9 Å². The molecule has 2 heterocycles. The minimum absolute atomic E-state index is 0.0103. The summed E-state index contributed by atoms with van der Waals surface area (Å²) in [5.41, 5.74) is 1.25. The van der Waals surface area contributed by atoms with Crippen LogP contribution in [0.2, 0.25) is 0 Å². The second kappa shape index (κ2) is 8.90. The molecule has 2 aromatic rings. The fourth-order valence-electron chi connectivity index (χ4n) is 3.00. The molecule has 1 fully saturated rings. The van der Waals surface area contributed by atoms with Gasteiger partial charge in [0.1, 0.15) is 5.75 Å². The number of thioether (sulfide) groups is 1. The van der Waals surface area contributed by atoms with E-state index in [1.807, 2.05) is 12.1 Å². The average molecular weight is 385 g/mol. The Hall–Kier alpha value is -2.54. The molecule has 3 rings (SSSR count). The monoisotopic (exact) mass is 385 g/mol. The van der Waals surface area contributed by atoms with Crippen LogP contribution >= 0.6 is 11.8 Å². The summed E-state index contributed by atoms with van der Waals surface area (Å²) in [4.78, 5) is 33.3. The van der Waals surface area contributed by atoms with Crippen molar-refractivity contribution in [2.45, 2.75) is 11.9 Å². The third-order valence-electron chi connectivity index (χ3n) is 4.44. The van der Waals surface area contributed by atoms with Gasteiger partial charge in [-0.25, -0.2) is 4.98 Å². The lowest BCUT2D eigenvalue weighted by Crippen LogP contribution is -2.50. The predicted molar refractivity (Wildman–Crippen MR) is 105 cm³/mol. The molecule has 1 aliphatic heterocycles. The quantitative estimate of drug-likeness (QED) is 0.741. The maximum Gasteiger partial charge on any atom is 0.254 e. The molecule has 0 spiro atoms. The summed E-state index contributed by atoms with van der Waals surface area (Å²) < 4.78 is 5.19. The van der Waals surface area contributed by atoms with Crippen molar-refractivity contribution in [1.29, 1.82) is 0 Å². The molecule has 27 heavy (non-hydrogen) atoms. The standard InChI is InChI=1S/C20H23N3O3S/c1-3-27-18-14-16(7-8-21-18)20(25)23-11-9-22(10-12-23)19(24)15-5-4-6-17(13-15)26-2/h4-8,13-14H,3,9-12H2,1-2H3. The Morgan fingerprint density at radius 1 is 1.04 bits per heavy atom. The molecule has 0 saturated carbocycles. The number of nitrogens with zero attached hydrogens (tertiary/aromatic N) is 3. The van der Waals surface area contributed by atoms with Crippen LogP contribution in [0, 0.1) is 0 Å². The van der Waals surface area contributed by atoms with E-state index in [1.165, 1.54) is 0 Å². The van der Waals surface area contributed by atoms with Gasteiger partial charge in [0.05, 0.1) is 12.1 Å². The Morgan fingerprint density at radius 3 is 2.26 bits per heavy atom. The van der Waals surface area contributed by atoms with Crippen molar-refractivity contribution in [2.75, 3.05) is 39.0 Å². The van der Waals surface area contributed by atoms with E-state index >= 15 is 0 Å². The van der Waals surface area contributed by atoms with Crippen molar-refractivity contribution in [3.05, 3.63) is 53.7 Å². The highest BCUT2D eigenvalue weighted by Crippen LogP contribution is 2.19. The van der Waals surface area contributed by atoms with Gasteiger partial charge in [-0.1, -0.05) is 13.0 Å². The topological polar surface area (TPSA) is 62.7 Å². The number of hydrogen-bond donors (Lipinski definition) is 0. The molecular weight excluding hydrogens is 362 g/mol. The summed E-state index contributed by atoms with van der Waals surface area (Å²) in [6.07, 6.45) is 1.67. The third-order valence-corrected chi connectivity index (χ3v) is 5.25. The highest BCUT2D eigenvalue weighted by molar-refractivity contribution is 7.99. The molecule has 0 atom stereocenters. The first-order valence-corrected chi connectivity index (χ1v) is 9.92. The van der Waals surface area contributed by atoms with Crippen LogP contribution < -0.4 is 4.74 Å². The first kappa shape index (κ1) is 19.2. The Bertz CT molecular complexity index is 820. The molecule has 1 saturated heterocycles. The minimum atomic E-state index is -0.0356. The van der Waals surface area contributed by atoms with Gasteiger partial charge < -0.3 is 14.5 Å². The number of ether oxygens (including phenoxy) is 1. The summed E-state index contributed by atoms with van der Waals surface area (Å²) >= 11 is 1.61. The number of carbonyl (C=O) groups excluding carboxylic acids is 2. The van der Waals surface area contributed by atoms with Gasteiger partial charge in [0.15, 0.2) is 0 Å². The van der Waals surface area contributed by atoms with E-state index in [4.69, 9.17) is 4.74 Å². The number of benzene rings is 1. The van der Waals surface area contributed by atoms with Crippen molar-refractivity contribution >= 4 is 23.6 Å². The maximum atomic E-state index is 12.8. The fourth-order valence-corrected chi connectivity index (χ4v) is 3.64. The van der Waals surface area contributed by atoms with Gasteiger partial charge in [0.25, 0.3) is 11.8 Å². The Morgan fingerprint density at radius 2 is 1.67 bits per heavy atom. The second-order valence-corrected chi connectivity index (χ2v) is 7.42. The lowest BCUT2D eigenvalue weighted by atomic mass is 10.1. The summed E-state index contributed by atoms with van der Waals surface area (Å²) in [6, 6.07) is 10.7. The fraction of sp³-hybridized carbons (Fsp3) is 0.350. The van der Waals surface area contributed by atoms with Gasteiger partial charge in [0, 0.05) is 43.5 Å². The van der Waals surface area contributed by atoms with Crippen LogP contribution in [0.1, 0.15) is 27.6 Å². The summed E-state index contributed by atoms with van der Waals surface area (Å²) in [7, 11) is 1.58. The molecule has 0 aliphatic carbocycles. The number of piperazine rings is 1. The first-order chi connectivity index (χ1) is 13.1. The van der Waals surface area contributed by atoms with Crippen molar-refractivity contribution in [3.8, 4) is 5.75 Å².